The van der Waals surface area contributed by atoms with Gasteiger partial charge in [-0.15, -0.1) is 11.3 Å². The second-order valence-corrected chi connectivity index (χ2v) is 9.75. The van der Waals surface area contributed by atoms with Crippen LogP contribution in [0, 0.1) is 11.8 Å². The number of rotatable bonds is 11. The summed E-state index contributed by atoms with van der Waals surface area (Å²) in [6.07, 6.45) is 0.151. The van der Waals surface area contributed by atoms with Crippen molar-refractivity contribution in [2.24, 2.45) is 11.8 Å². The zero-order valence-corrected chi connectivity index (χ0v) is 20.2. The predicted molar refractivity (Wildman–Crippen MR) is 134 cm³/mol. The summed E-state index contributed by atoms with van der Waals surface area (Å²) in [5.74, 6) is -2.36. The van der Waals surface area contributed by atoms with E-state index in [0.717, 1.165) is 16.0 Å². The van der Waals surface area contributed by atoms with Gasteiger partial charge in [0.1, 0.15) is 6.04 Å². The van der Waals surface area contributed by atoms with E-state index < -0.39 is 23.8 Å². The Kier molecular flexibility index (Phi) is 8.99. The van der Waals surface area contributed by atoms with E-state index in [2.05, 4.69) is 10.6 Å². The molecule has 7 heteroatoms. The minimum atomic E-state index is -1.03. The second kappa shape index (κ2) is 12.1. The number of carbonyl (C=O) groups excluding carboxylic acids is 2. The molecule has 0 bridgehead atoms. The Labute approximate surface area is 204 Å². The average Bonchev–Trinajstić information content (AvgIpc) is 3.31. The predicted octanol–water partition coefficient (Wildman–Crippen LogP) is 5.03. The van der Waals surface area contributed by atoms with Crippen LogP contribution in [0.2, 0.25) is 0 Å². The van der Waals surface area contributed by atoms with Gasteiger partial charge in [0, 0.05) is 22.2 Å². The largest absolute Gasteiger partial charge is 0.481 e. The first-order chi connectivity index (χ1) is 16.3. The Morgan fingerprint density at radius 2 is 1.53 bits per heavy atom. The molecule has 3 N–H and O–H groups in total. The quantitative estimate of drug-likeness (QED) is 0.360. The molecule has 0 saturated carbocycles. The maximum absolute atomic E-state index is 13.2. The molecule has 0 radical (unpaired) electrons. The van der Waals surface area contributed by atoms with Crippen molar-refractivity contribution < 1.29 is 19.5 Å². The van der Waals surface area contributed by atoms with Crippen molar-refractivity contribution in [2.75, 3.05) is 0 Å². The van der Waals surface area contributed by atoms with Crippen LogP contribution in [-0.4, -0.2) is 22.9 Å². The first kappa shape index (κ1) is 25.2. The molecule has 1 aromatic heterocycles. The van der Waals surface area contributed by atoms with Gasteiger partial charge in [0.25, 0.3) is 0 Å². The molecule has 0 fully saturated rings. The summed E-state index contributed by atoms with van der Waals surface area (Å²) in [7, 11) is 0. The van der Waals surface area contributed by atoms with Crippen LogP contribution in [-0.2, 0) is 20.9 Å². The normalized spacial score (nSPS) is 12.7. The first-order valence-corrected chi connectivity index (χ1v) is 12.1. The number of hydrogen-bond acceptors (Lipinski definition) is 4. The Hall–Kier alpha value is -3.45. The van der Waals surface area contributed by atoms with Gasteiger partial charge in [0.05, 0.1) is 6.42 Å². The summed E-state index contributed by atoms with van der Waals surface area (Å²) in [6.45, 7) is 4.21. The lowest BCUT2D eigenvalue weighted by Gasteiger charge is -2.22. The van der Waals surface area contributed by atoms with Gasteiger partial charge in [0.2, 0.25) is 11.8 Å². The van der Waals surface area contributed by atoms with Gasteiger partial charge in [-0.25, -0.2) is 0 Å². The highest BCUT2D eigenvalue weighted by Gasteiger charge is 2.29. The maximum atomic E-state index is 13.2. The third kappa shape index (κ3) is 7.28. The molecule has 0 aliphatic carbocycles. The Morgan fingerprint density at radius 3 is 2.15 bits per heavy atom. The first-order valence-electron chi connectivity index (χ1n) is 11.3. The van der Waals surface area contributed by atoms with Crippen LogP contribution in [0.5, 0.6) is 0 Å². The highest BCUT2D eigenvalue weighted by atomic mass is 32.1. The molecule has 178 valence electrons. The molecule has 2 atom stereocenters. The summed E-state index contributed by atoms with van der Waals surface area (Å²) >= 11 is 1.43. The lowest BCUT2D eigenvalue weighted by atomic mass is 9.93. The number of aliphatic carboxylic acids is 1. The molecule has 3 rings (SSSR count). The number of carboxylic acids is 1. The Morgan fingerprint density at radius 1 is 0.882 bits per heavy atom. The smallest absolute Gasteiger partial charge is 0.304 e. The molecule has 0 aliphatic heterocycles. The number of thiophene rings is 1. The van der Waals surface area contributed by atoms with Gasteiger partial charge in [-0.2, -0.15) is 0 Å². The van der Waals surface area contributed by atoms with Crippen LogP contribution >= 0.6 is 11.3 Å². The molecule has 3 aromatic rings. The number of nitrogens with one attached hydrogen (secondary N) is 2. The van der Waals surface area contributed by atoms with Crippen molar-refractivity contribution in [1.82, 2.24) is 10.6 Å². The summed E-state index contributed by atoms with van der Waals surface area (Å²) in [6, 6.07) is 22.2. The van der Waals surface area contributed by atoms with E-state index >= 15 is 0 Å². The van der Waals surface area contributed by atoms with E-state index in [1.165, 1.54) is 11.3 Å². The highest BCUT2D eigenvalue weighted by Crippen LogP contribution is 2.32. The fraction of sp³-hybridized carbons (Fsp3) is 0.296. The van der Waals surface area contributed by atoms with Gasteiger partial charge >= 0.3 is 5.97 Å². The standard InChI is InChI=1S/C27H30N2O4S/c1-18(2)15-21(16-24(30)31)26(32)29-25(27(33)28-17-19-9-5-3-6-10-19)23-14-13-22(34-23)20-11-7-4-8-12-20/h3-14,18,21,25H,15-17H2,1-2H3,(H,28,33)(H,29,32)(H,30,31). The molecule has 2 aromatic carbocycles. The lowest BCUT2D eigenvalue weighted by molar-refractivity contribution is -0.141. The molecule has 6 nitrogen and oxygen atoms in total. The third-order valence-corrected chi connectivity index (χ3v) is 6.57. The molecule has 2 unspecified atom stereocenters. The van der Waals surface area contributed by atoms with Crippen molar-refractivity contribution >= 4 is 29.1 Å². The average molecular weight is 479 g/mol. The van der Waals surface area contributed by atoms with E-state index in [4.69, 9.17) is 0 Å². The van der Waals surface area contributed by atoms with Crippen molar-refractivity contribution in [1.29, 1.82) is 0 Å². The summed E-state index contributed by atoms with van der Waals surface area (Å²) in [5.41, 5.74) is 1.97. The molecular formula is C27H30N2O4S. The zero-order valence-electron chi connectivity index (χ0n) is 19.4. The number of carboxylic acid groups (broad SMARTS) is 1. The van der Waals surface area contributed by atoms with E-state index in [1.807, 2.05) is 86.6 Å². The van der Waals surface area contributed by atoms with Crippen molar-refractivity contribution in [3.05, 3.63) is 83.2 Å². The van der Waals surface area contributed by atoms with E-state index in [0.29, 0.717) is 17.8 Å². The van der Waals surface area contributed by atoms with Gasteiger partial charge in [0.15, 0.2) is 0 Å². The topological polar surface area (TPSA) is 95.5 Å². The van der Waals surface area contributed by atoms with Crippen LogP contribution in [0.25, 0.3) is 10.4 Å². The van der Waals surface area contributed by atoms with Gasteiger partial charge in [-0.1, -0.05) is 74.5 Å². The van der Waals surface area contributed by atoms with E-state index in [9.17, 15) is 19.5 Å². The van der Waals surface area contributed by atoms with Gasteiger partial charge < -0.3 is 15.7 Å². The van der Waals surface area contributed by atoms with Crippen LogP contribution in [0.3, 0.4) is 0 Å². The molecular weight excluding hydrogens is 448 g/mol. The van der Waals surface area contributed by atoms with Crippen LogP contribution < -0.4 is 10.6 Å². The summed E-state index contributed by atoms with van der Waals surface area (Å²) < 4.78 is 0. The van der Waals surface area contributed by atoms with E-state index in [1.54, 1.807) is 0 Å². The van der Waals surface area contributed by atoms with Crippen molar-refractivity contribution in [3.8, 4) is 10.4 Å². The number of carbonyl (C=O) groups is 3. The highest BCUT2D eigenvalue weighted by molar-refractivity contribution is 7.15. The lowest BCUT2D eigenvalue weighted by Crippen LogP contribution is -2.42. The maximum Gasteiger partial charge on any atom is 0.304 e. The SMILES string of the molecule is CC(C)CC(CC(=O)O)C(=O)NC(C(=O)NCc1ccccc1)c1ccc(-c2ccccc2)s1. The van der Waals surface area contributed by atoms with Crippen LogP contribution in [0.15, 0.2) is 72.8 Å². The molecule has 34 heavy (non-hydrogen) atoms. The monoisotopic (exact) mass is 478 g/mol. The Bertz CT molecular complexity index is 1100. The molecule has 0 aliphatic rings. The fourth-order valence-electron chi connectivity index (χ4n) is 3.74. The number of amides is 2. The van der Waals surface area contributed by atoms with Crippen molar-refractivity contribution in [2.45, 2.75) is 39.3 Å². The van der Waals surface area contributed by atoms with Crippen LogP contribution in [0.1, 0.15) is 43.2 Å². The second-order valence-electron chi connectivity index (χ2n) is 8.64. The minimum Gasteiger partial charge on any atom is -0.481 e. The molecule has 1 heterocycles. The zero-order chi connectivity index (χ0) is 24.5. The summed E-state index contributed by atoms with van der Waals surface area (Å²) in [5, 5.41) is 15.0. The van der Waals surface area contributed by atoms with Gasteiger partial charge in [-0.3, -0.25) is 14.4 Å². The molecule has 2 amide bonds. The van der Waals surface area contributed by atoms with Gasteiger partial charge in [-0.05, 0) is 35.6 Å². The molecule has 0 saturated heterocycles. The minimum absolute atomic E-state index is 0.145. The van der Waals surface area contributed by atoms with Crippen molar-refractivity contribution in [3.63, 3.8) is 0 Å². The fourth-order valence-corrected chi connectivity index (χ4v) is 4.81. The number of benzene rings is 2. The van der Waals surface area contributed by atoms with Crippen LogP contribution in [0.4, 0.5) is 0 Å². The Balaban J connectivity index is 1.83. The summed E-state index contributed by atoms with van der Waals surface area (Å²) in [4.78, 5) is 39.4. The molecule has 0 spiro atoms. The number of hydrogen-bond donors (Lipinski definition) is 3. The van der Waals surface area contributed by atoms with E-state index in [-0.39, 0.29) is 18.2 Å². The third-order valence-electron chi connectivity index (χ3n) is 5.38.